The van der Waals surface area contributed by atoms with Crippen molar-refractivity contribution in [1.29, 1.82) is 0 Å². The summed E-state index contributed by atoms with van der Waals surface area (Å²) >= 11 is 0. The number of ether oxygens (including phenoxy) is 10. The maximum Gasteiger partial charge on any atom is 0.187 e. The zero-order valence-corrected chi connectivity index (χ0v) is 32.3. The molecule has 0 saturated carbocycles. The maximum absolute atomic E-state index is 11.5. The summed E-state index contributed by atoms with van der Waals surface area (Å²) in [4.78, 5) is 0. The molecule has 0 aromatic rings. The fraction of sp³-hybridized carbons (Fsp3) is 1.00. The van der Waals surface area contributed by atoms with Gasteiger partial charge in [-0.25, -0.2) is 0 Å². The van der Waals surface area contributed by atoms with Crippen LogP contribution in [0, 0.1) is 0 Å². The summed E-state index contributed by atoms with van der Waals surface area (Å²) in [6.07, 6.45) is -38.5. The first-order chi connectivity index (χ1) is 27.4. The second kappa shape index (κ2) is 24.0. The first kappa shape index (κ1) is 51.4. The summed E-state index contributed by atoms with van der Waals surface area (Å²) < 4.78 is 55.9. The Morgan fingerprint density at radius 2 is 0.948 bits per heavy atom. The van der Waals surface area contributed by atoms with E-state index in [0.29, 0.717) is 0 Å². The fourth-order valence-electron chi connectivity index (χ4n) is 6.35. The topological polar surface area (TPSA) is 396 Å². The predicted molar refractivity (Wildman–Crippen MR) is 183 cm³/mol. The quantitative estimate of drug-likeness (QED) is 0.0424. The third-order valence-electron chi connectivity index (χ3n) is 9.87. The highest BCUT2D eigenvalue weighted by Gasteiger charge is 2.54. The number of methoxy groups -OCH3 is 1. The van der Waals surface area contributed by atoms with Gasteiger partial charge in [0.25, 0.3) is 0 Å². The van der Waals surface area contributed by atoms with E-state index in [2.05, 4.69) is 0 Å². The SMILES string of the molecule is CO[C@@H]1OC(CO)[C@@H](O)C(O[C@@H]2OC(C)[C@H](O)C(O[C@@H]3OC(CO)[C@@H](O)C(O[C@H](OC(CO)[C@@H](O)CO)[C@@H](C)O[C@@H](OC(CO)[C@@H](O)CO)[C@@H](C)O)[C@H]3O)[C@@H]2O)[C@@H]1O. The molecule has 3 fully saturated rings. The molecule has 3 aliphatic rings. The van der Waals surface area contributed by atoms with Crippen LogP contribution in [0.4, 0.5) is 0 Å². The van der Waals surface area contributed by atoms with Gasteiger partial charge in [0, 0.05) is 7.11 Å². The van der Waals surface area contributed by atoms with Crippen LogP contribution in [0.2, 0.25) is 0 Å². The molecule has 0 aliphatic carbocycles. The van der Waals surface area contributed by atoms with Crippen molar-refractivity contribution in [3.05, 3.63) is 0 Å². The highest BCUT2D eigenvalue weighted by Crippen LogP contribution is 2.34. The van der Waals surface area contributed by atoms with Crippen LogP contribution in [-0.2, 0) is 47.4 Å². The van der Waals surface area contributed by atoms with Gasteiger partial charge < -0.3 is 124 Å². The van der Waals surface area contributed by atoms with E-state index in [0.717, 1.165) is 0 Å². The third kappa shape index (κ3) is 12.6. The van der Waals surface area contributed by atoms with Crippen molar-refractivity contribution in [2.75, 3.05) is 46.8 Å². The zero-order valence-electron chi connectivity index (χ0n) is 32.3. The van der Waals surface area contributed by atoms with Gasteiger partial charge >= 0.3 is 0 Å². The molecule has 3 rings (SSSR count). The molecule has 0 spiro atoms. The lowest BCUT2D eigenvalue weighted by Crippen LogP contribution is -2.66. The van der Waals surface area contributed by atoms with Gasteiger partial charge in [0.05, 0.1) is 45.7 Å². The van der Waals surface area contributed by atoms with Crippen LogP contribution in [-0.4, -0.2) is 265 Å². The Morgan fingerprint density at radius 3 is 1.41 bits per heavy atom. The molecule has 344 valence electrons. The number of hydrogen-bond acceptors (Lipinski definition) is 25. The van der Waals surface area contributed by atoms with E-state index >= 15 is 0 Å². The van der Waals surface area contributed by atoms with Crippen LogP contribution in [0.3, 0.4) is 0 Å². The van der Waals surface area contributed by atoms with Gasteiger partial charge in [0.2, 0.25) is 0 Å². The molecule has 0 aromatic carbocycles. The molecule has 58 heavy (non-hydrogen) atoms. The number of rotatable bonds is 23. The fourth-order valence-corrected chi connectivity index (χ4v) is 6.35. The van der Waals surface area contributed by atoms with Crippen LogP contribution in [0.25, 0.3) is 0 Å². The molecule has 15 N–H and O–H groups in total. The summed E-state index contributed by atoms with van der Waals surface area (Å²) in [5.41, 5.74) is 0. The van der Waals surface area contributed by atoms with E-state index in [1.54, 1.807) is 0 Å². The van der Waals surface area contributed by atoms with E-state index in [9.17, 15) is 76.6 Å². The second-order valence-electron chi connectivity index (χ2n) is 14.2. The minimum absolute atomic E-state index is 0.714. The van der Waals surface area contributed by atoms with E-state index in [1.807, 2.05) is 0 Å². The number of aliphatic hydroxyl groups excluding tert-OH is 15. The third-order valence-corrected chi connectivity index (χ3v) is 9.87. The average Bonchev–Trinajstić information content (AvgIpc) is 3.21. The van der Waals surface area contributed by atoms with Gasteiger partial charge in [0.1, 0.15) is 104 Å². The summed E-state index contributed by atoms with van der Waals surface area (Å²) in [6, 6.07) is 0. The molecule has 0 amide bonds. The summed E-state index contributed by atoms with van der Waals surface area (Å²) in [5, 5.41) is 156. The van der Waals surface area contributed by atoms with Gasteiger partial charge in [0.15, 0.2) is 31.5 Å². The molecule has 3 saturated heterocycles. The Hall–Kier alpha value is -1.00. The molecule has 0 bridgehead atoms. The van der Waals surface area contributed by atoms with Crippen LogP contribution in [0.5, 0.6) is 0 Å². The van der Waals surface area contributed by atoms with Gasteiger partial charge in [-0.15, -0.1) is 0 Å². The Morgan fingerprint density at radius 1 is 0.517 bits per heavy atom. The van der Waals surface area contributed by atoms with E-state index in [1.165, 1.54) is 27.9 Å². The van der Waals surface area contributed by atoms with Crippen LogP contribution in [0.1, 0.15) is 20.8 Å². The first-order valence-corrected chi connectivity index (χ1v) is 18.6. The molecule has 0 radical (unpaired) electrons. The highest BCUT2D eigenvalue weighted by atomic mass is 16.8. The minimum Gasteiger partial charge on any atom is -0.394 e. The van der Waals surface area contributed by atoms with Crippen molar-refractivity contribution >= 4 is 0 Å². The predicted octanol–water partition coefficient (Wildman–Crippen LogP) is -8.97. The Bertz CT molecular complexity index is 1130. The van der Waals surface area contributed by atoms with Crippen LogP contribution < -0.4 is 0 Å². The molecule has 3 aliphatic heterocycles. The van der Waals surface area contributed by atoms with Crippen molar-refractivity contribution in [3.63, 3.8) is 0 Å². The molecule has 25 heteroatoms. The van der Waals surface area contributed by atoms with Crippen molar-refractivity contribution in [2.24, 2.45) is 0 Å². The number of hydrogen-bond donors (Lipinski definition) is 15. The molecule has 8 unspecified atom stereocenters. The molecule has 23 atom stereocenters. The monoisotopic (exact) mass is 858 g/mol. The largest absolute Gasteiger partial charge is 0.394 e. The summed E-state index contributed by atoms with van der Waals surface area (Å²) in [5.74, 6) is 0. The average molecular weight is 859 g/mol. The molecule has 0 aromatic heterocycles. The van der Waals surface area contributed by atoms with Crippen molar-refractivity contribution in [1.82, 2.24) is 0 Å². The van der Waals surface area contributed by atoms with E-state index < -0.39 is 181 Å². The van der Waals surface area contributed by atoms with Crippen molar-refractivity contribution in [3.8, 4) is 0 Å². The van der Waals surface area contributed by atoms with Gasteiger partial charge in [-0.2, -0.15) is 0 Å². The van der Waals surface area contributed by atoms with Crippen LogP contribution in [0.15, 0.2) is 0 Å². The smallest absolute Gasteiger partial charge is 0.187 e. The lowest BCUT2D eigenvalue weighted by Gasteiger charge is -2.48. The van der Waals surface area contributed by atoms with Crippen LogP contribution >= 0.6 is 0 Å². The van der Waals surface area contributed by atoms with Crippen molar-refractivity contribution in [2.45, 2.75) is 162 Å². The van der Waals surface area contributed by atoms with Gasteiger partial charge in [-0.3, -0.25) is 0 Å². The second-order valence-corrected chi connectivity index (χ2v) is 14.2. The van der Waals surface area contributed by atoms with E-state index in [4.69, 9.17) is 47.4 Å². The lowest BCUT2D eigenvalue weighted by molar-refractivity contribution is -0.386. The molecule has 25 nitrogen and oxygen atoms in total. The lowest BCUT2D eigenvalue weighted by atomic mass is 9.96. The molecular formula is C33H62O25. The van der Waals surface area contributed by atoms with Gasteiger partial charge in [-0.05, 0) is 20.8 Å². The van der Waals surface area contributed by atoms with Gasteiger partial charge in [-0.1, -0.05) is 0 Å². The minimum atomic E-state index is -2.10. The molecular weight excluding hydrogens is 796 g/mol. The van der Waals surface area contributed by atoms with E-state index in [-0.39, 0.29) is 0 Å². The Balaban J connectivity index is 1.90. The maximum atomic E-state index is 11.5. The Labute approximate surface area is 332 Å². The molecule has 3 heterocycles. The zero-order chi connectivity index (χ0) is 43.6. The van der Waals surface area contributed by atoms with Crippen molar-refractivity contribution < 1.29 is 124 Å². The highest BCUT2D eigenvalue weighted by molar-refractivity contribution is 4.96. The standard InChI is InChI=1S/C33H62O25/c1-11(40)29(52-16(7-36)14(41)5-34)51-13(3)30(53-17(8-37)15(42)6-35)56-28-22(45)19(10-39)55-33(25(28)48)57-26-20(43)12(2)50-32(24(26)47)58-27-21(44)18(9-38)54-31(49-4)23(27)46/h11-48H,5-10H2,1-4H3/t11-,12?,13-,14+,15+,16?,17?,18?,19?,20+,21-,22-,23+,24+,25-,26?,27?,28?,29+,30+,31-,32+,33+/m1/s1. The summed E-state index contributed by atoms with van der Waals surface area (Å²) in [6.45, 7) is -1.39. The summed E-state index contributed by atoms with van der Waals surface area (Å²) in [7, 11) is 1.18. The first-order valence-electron chi connectivity index (χ1n) is 18.6. The number of aliphatic hydroxyl groups is 15. The Kier molecular flexibility index (Phi) is 21.3. The normalized spacial score (nSPS) is 40.3.